The highest BCUT2D eigenvalue weighted by Crippen LogP contribution is 2.12. The molecule has 116 valence electrons. The second kappa shape index (κ2) is 11.8. The lowest BCUT2D eigenvalue weighted by molar-refractivity contribution is 0.414. The van der Waals surface area contributed by atoms with E-state index in [9.17, 15) is 0 Å². The first-order valence-electron chi connectivity index (χ1n) is 8.20. The van der Waals surface area contributed by atoms with E-state index in [-0.39, 0.29) is 0 Å². The van der Waals surface area contributed by atoms with Gasteiger partial charge in [0.25, 0.3) is 0 Å². The highest BCUT2D eigenvalue weighted by Gasteiger charge is 1.97. The number of allylic oxidation sites excluding steroid dienone is 5. The lowest BCUT2D eigenvalue weighted by atomic mass is 10.0. The molecule has 0 bridgehead atoms. The topological polar surface area (TPSA) is 3.24 Å². The fourth-order valence-electron chi connectivity index (χ4n) is 2.08. The molecule has 0 aliphatic rings. The fourth-order valence-corrected chi connectivity index (χ4v) is 2.08. The van der Waals surface area contributed by atoms with Crippen molar-refractivity contribution >= 4 is 0 Å². The maximum absolute atomic E-state index is 2.42. The van der Waals surface area contributed by atoms with Gasteiger partial charge in [-0.25, -0.2) is 0 Å². The lowest BCUT2D eigenvalue weighted by Gasteiger charge is -2.15. The summed E-state index contributed by atoms with van der Waals surface area (Å²) in [4.78, 5) is 2.34. The molecule has 0 rings (SSSR count). The predicted octanol–water partition coefficient (Wildman–Crippen LogP) is 5.95. The predicted molar refractivity (Wildman–Crippen MR) is 92.9 cm³/mol. The van der Waals surface area contributed by atoms with E-state index in [0.29, 0.717) is 5.92 Å². The van der Waals surface area contributed by atoms with Crippen molar-refractivity contribution in [2.45, 2.75) is 67.2 Å². The average molecular weight is 277 g/mol. The van der Waals surface area contributed by atoms with Gasteiger partial charge in [-0.1, -0.05) is 36.3 Å². The van der Waals surface area contributed by atoms with Gasteiger partial charge in [-0.05, 0) is 72.4 Å². The number of hydrogen-bond acceptors (Lipinski definition) is 1. The Kier molecular flexibility index (Phi) is 11.2. The van der Waals surface area contributed by atoms with Gasteiger partial charge in [0.15, 0.2) is 0 Å². The van der Waals surface area contributed by atoms with Gasteiger partial charge in [-0.15, -0.1) is 0 Å². The molecule has 0 aliphatic heterocycles. The molecule has 0 fully saturated rings. The Bertz CT molecular complexity index is 315. The lowest BCUT2D eigenvalue weighted by Crippen LogP contribution is -2.15. The zero-order valence-electron chi connectivity index (χ0n) is 14.6. The molecule has 0 aromatic heterocycles. The molecule has 0 unspecified atom stereocenters. The van der Waals surface area contributed by atoms with Crippen molar-refractivity contribution in [3.8, 4) is 0 Å². The van der Waals surface area contributed by atoms with Crippen molar-refractivity contribution in [2.24, 2.45) is 5.92 Å². The molecule has 0 radical (unpaired) electrons. The molecule has 0 saturated heterocycles. The Morgan fingerprint density at radius 1 is 1.00 bits per heavy atom. The molecular weight excluding hydrogens is 242 g/mol. The van der Waals surface area contributed by atoms with Crippen molar-refractivity contribution in [3.63, 3.8) is 0 Å². The summed E-state index contributed by atoms with van der Waals surface area (Å²) in [6.07, 6.45) is 14.2. The quantitative estimate of drug-likeness (QED) is 0.446. The van der Waals surface area contributed by atoms with Gasteiger partial charge in [-0.3, -0.25) is 0 Å². The maximum Gasteiger partial charge on any atom is 0.0143 e. The van der Waals surface area contributed by atoms with E-state index in [1.165, 1.54) is 36.8 Å². The van der Waals surface area contributed by atoms with Crippen LogP contribution in [0.3, 0.4) is 0 Å². The summed E-state index contributed by atoms with van der Waals surface area (Å²) in [5.74, 6) is 0.664. The summed E-state index contributed by atoms with van der Waals surface area (Å²) < 4.78 is 0. The van der Waals surface area contributed by atoms with Gasteiger partial charge in [-0.2, -0.15) is 0 Å². The summed E-state index contributed by atoms with van der Waals surface area (Å²) in [5, 5.41) is 0. The normalized spacial score (nSPS) is 13.6. The molecule has 0 spiro atoms. The minimum atomic E-state index is 0.664. The second-order valence-electron chi connectivity index (χ2n) is 5.99. The van der Waals surface area contributed by atoms with E-state index in [0.717, 1.165) is 13.1 Å². The van der Waals surface area contributed by atoms with Crippen LogP contribution in [0, 0.1) is 5.92 Å². The SMILES string of the molecule is CCN(C=C[C@H](C)CC/C=C(\C)CCC=C(C)C)CC. The van der Waals surface area contributed by atoms with E-state index in [1.807, 2.05) is 0 Å². The van der Waals surface area contributed by atoms with Crippen molar-refractivity contribution < 1.29 is 0 Å². The Labute approximate surface area is 127 Å². The smallest absolute Gasteiger partial charge is 0.0143 e. The maximum atomic E-state index is 2.42. The number of hydrogen-bond donors (Lipinski definition) is 0. The van der Waals surface area contributed by atoms with Gasteiger partial charge < -0.3 is 4.90 Å². The van der Waals surface area contributed by atoms with Crippen LogP contribution >= 0.6 is 0 Å². The third kappa shape index (κ3) is 10.9. The third-order valence-corrected chi connectivity index (χ3v) is 3.64. The third-order valence-electron chi connectivity index (χ3n) is 3.64. The minimum Gasteiger partial charge on any atom is -0.378 e. The van der Waals surface area contributed by atoms with E-state index in [1.54, 1.807) is 0 Å². The van der Waals surface area contributed by atoms with Gasteiger partial charge >= 0.3 is 0 Å². The zero-order chi connectivity index (χ0) is 15.4. The van der Waals surface area contributed by atoms with Crippen LogP contribution in [0.4, 0.5) is 0 Å². The summed E-state index contributed by atoms with van der Waals surface area (Å²) in [6, 6.07) is 0. The van der Waals surface area contributed by atoms with E-state index >= 15 is 0 Å². The molecule has 0 aromatic carbocycles. The minimum absolute atomic E-state index is 0.664. The first-order valence-corrected chi connectivity index (χ1v) is 8.20. The van der Waals surface area contributed by atoms with Gasteiger partial charge in [0.1, 0.15) is 0 Å². The fraction of sp³-hybridized carbons (Fsp3) is 0.684. The molecule has 1 nitrogen and oxygen atoms in total. The monoisotopic (exact) mass is 277 g/mol. The summed E-state index contributed by atoms with van der Waals surface area (Å²) in [7, 11) is 0. The van der Waals surface area contributed by atoms with Gasteiger partial charge in [0.05, 0.1) is 0 Å². The van der Waals surface area contributed by atoms with Crippen molar-refractivity contribution in [1.82, 2.24) is 4.90 Å². The van der Waals surface area contributed by atoms with E-state index in [2.05, 4.69) is 70.9 Å². The van der Waals surface area contributed by atoms with Crippen molar-refractivity contribution in [3.05, 3.63) is 35.6 Å². The molecule has 0 aromatic rings. The average Bonchev–Trinajstić information content (AvgIpc) is 2.39. The summed E-state index contributed by atoms with van der Waals surface area (Å²) in [6.45, 7) is 15.5. The summed E-state index contributed by atoms with van der Waals surface area (Å²) >= 11 is 0. The molecule has 1 atom stereocenters. The van der Waals surface area contributed by atoms with Crippen molar-refractivity contribution in [1.29, 1.82) is 0 Å². The zero-order valence-corrected chi connectivity index (χ0v) is 14.6. The Morgan fingerprint density at radius 2 is 1.65 bits per heavy atom. The van der Waals surface area contributed by atoms with Crippen LogP contribution in [0.15, 0.2) is 35.6 Å². The van der Waals surface area contributed by atoms with Gasteiger partial charge in [0.2, 0.25) is 0 Å². The Balaban J connectivity index is 3.94. The van der Waals surface area contributed by atoms with E-state index in [4.69, 9.17) is 0 Å². The molecular formula is C19H35N. The number of rotatable bonds is 10. The molecule has 1 heteroatoms. The molecule has 0 heterocycles. The van der Waals surface area contributed by atoms with Gasteiger partial charge in [0, 0.05) is 13.1 Å². The first kappa shape index (κ1) is 19.0. The Morgan fingerprint density at radius 3 is 2.20 bits per heavy atom. The van der Waals surface area contributed by atoms with E-state index < -0.39 is 0 Å². The van der Waals surface area contributed by atoms with Crippen LogP contribution in [0.2, 0.25) is 0 Å². The first-order chi connectivity index (χ1) is 9.49. The van der Waals surface area contributed by atoms with Crippen LogP contribution in [-0.2, 0) is 0 Å². The van der Waals surface area contributed by atoms with Crippen molar-refractivity contribution in [2.75, 3.05) is 13.1 Å². The van der Waals surface area contributed by atoms with Crippen LogP contribution in [-0.4, -0.2) is 18.0 Å². The molecule has 0 N–H and O–H groups in total. The molecule has 0 amide bonds. The van der Waals surface area contributed by atoms with Crippen LogP contribution < -0.4 is 0 Å². The number of nitrogens with zero attached hydrogens (tertiary/aromatic N) is 1. The highest BCUT2D eigenvalue weighted by atomic mass is 15.1. The highest BCUT2D eigenvalue weighted by molar-refractivity contribution is 5.02. The second-order valence-corrected chi connectivity index (χ2v) is 5.99. The standard InChI is InChI=1S/C19H35N/c1-7-20(8-2)16-15-19(6)14-10-13-18(5)12-9-11-17(3)4/h11,13,15-16,19H,7-10,12,14H2,1-6H3/b16-15?,18-13+/t19-/m1/s1. The Hall–Kier alpha value is -0.980. The largest absolute Gasteiger partial charge is 0.378 e. The molecule has 0 saturated carbocycles. The van der Waals surface area contributed by atoms with Crippen LogP contribution in [0.25, 0.3) is 0 Å². The molecule has 0 aliphatic carbocycles. The van der Waals surface area contributed by atoms with Crippen LogP contribution in [0.1, 0.15) is 67.2 Å². The molecule has 20 heavy (non-hydrogen) atoms. The summed E-state index contributed by atoms with van der Waals surface area (Å²) in [5.41, 5.74) is 2.95. The van der Waals surface area contributed by atoms with Crippen LogP contribution in [0.5, 0.6) is 0 Å².